The summed E-state index contributed by atoms with van der Waals surface area (Å²) < 4.78 is 2.56. The zero-order valence-electron chi connectivity index (χ0n) is 8.08. The van der Waals surface area contributed by atoms with E-state index in [0.29, 0.717) is 0 Å². The van der Waals surface area contributed by atoms with Gasteiger partial charge in [-0.25, -0.2) is 0 Å². The molecule has 0 saturated carbocycles. The molecular formula is C12H8Br2Mg. The molecule has 0 atom stereocenters. The third-order valence-corrected chi connectivity index (χ3v) is 5.54. The van der Waals surface area contributed by atoms with Gasteiger partial charge in [-0.2, -0.15) is 3.69 Å². The van der Waals surface area contributed by atoms with Gasteiger partial charge in [0.1, 0.15) is 0 Å². The summed E-state index contributed by atoms with van der Waals surface area (Å²) in [5, 5.41) is 0. The van der Waals surface area contributed by atoms with Crippen molar-refractivity contribution in [3.63, 3.8) is 0 Å². The summed E-state index contributed by atoms with van der Waals surface area (Å²) in [6.07, 6.45) is 0. The van der Waals surface area contributed by atoms with Crippen LogP contribution in [-0.4, -0.2) is 18.2 Å². The number of hydrogen-bond acceptors (Lipinski definition) is 0. The van der Waals surface area contributed by atoms with E-state index in [1.54, 1.807) is 0 Å². The Hall–Kier alpha value is 0.166. The van der Waals surface area contributed by atoms with E-state index in [1.807, 2.05) is 0 Å². The smallest absolute Gasteiger partial charge is 0.296 e. The minimum atomic E-state index is -0.206. The van der Waals surface area contributed by atoms with Crippen molar-refractivity contribution in [1.82, 2.24) is 0 Å². The van der Waals surface area contributed by atoms with Gasteiger partial charge < -0.3 is 0 Å². The van der Waals surface area contributed by atoms with Gasteiger partial charge in [-0.15, -0.1) is 0 Å². The van der Waals surface area contributed by atoms with Crippen LogP contribution in [0.15, 0.2) is 53.0 Å². The molecule has 2 aromatic rings. The number of rotatable bonds is 2. The fourth-order valence-corrected chi connectivity index (χ4v) is 3.23. The summed E-state index contributed by atoms with van der Waals surface area (Å²) in [6.45, 7) is 0. The number of benzene rings is 2. The van der Waals surface area contributed by atoms with Crippen LogP contribution in [0.3, 0.4) is 0 Å². The second-order valence-electron chi connectivity index (χ2n) is 3.34. The Morgan fingerprint density at radius 3 is 1.67 bits per heavy atom. The molecule has 0 aliphatic rings. The van der Waals surface area contributed by atoms with Crippen molar-refractivity contribution in [2.75, 3.05) is 0 Å². The van der Waals surface area contributed by atoms with E-state index < -0.39 is 0 Å². The fraction of sp³-hybridized carbons (Fsp3) is 0. The fourth-order valence-electron chi connectivity index (χ4n) is 1.43. The quantitative estimate of drug-likeness (QED) is 0.733. The highest BCUT2D eigenvalue weighted by atomic mass is 79.9. The first-order chi connectivity index (χ1) is 7.29. The predicted octanol–water partition coefficient (Wildman–Crippen LogP) is 3.76. The normalized spacial score (nSPS) is 9.73. The van der Waals surface area contributed by atoms with Crippen LogP contribution < -0.4 is 3.69 Å². The molecule has 0 fully saturated rings. The van der Waals surface area contributed by atoms with Gasteiger partial charge in [-0.05, 0) is 23.3 Å². The van der Waals surface area contributed by atoms with Crippen molar-refractivity contribution in [3.05, 3.63) is 53.0 Å². The molecule has 15 heavy (non-hydrogen) atoms. The van der Waals surface area contributed by atoms with Gasteiger partial charge >= 0.3 is 18.2 Å². The van der Waals surface area contributed by atoms with Crippen LogP contribution in [0, 0.1) is 0 Å². The zero-order chi connectivity index (χ0) is 10.7. The molecule has 0 radical (unpaired) electrons. The monoisotopic (exact) mass is 334 g/mol. The molecule has 2 rings (SSSR count). The van der Waals surface area contributed by atoms with E-state index >= 15 is 0 Å². The van der Waals surface area contributed by atoms with Gasteiger partial charge in [0.15, 0.2) is 0 Å². The van der Waals surface area contributed by atoms with Crippen molar-refractivity contribution in [3.8, 4) is 11.1 Å². The van der Waals surface area contributed by atoms with Crippen LogP contribution in [0.5, 0.6) is 0 Å². The molecular weight excluding hydrogens is 328 g/mol. The van der Waals surface area contributed by atoms with Gasteiger partial charge in [0.2, 0.25) is 0 Å². The summed E-state index contributed by atoms with van der Waals surface area (Å²) >= 11 is 6.81. The van der Waals surface area contributed by atoms with Crippen LogP contribution in [-0.2, 0) is 0 Å². The molecule has 3 heteroatoms. The van der Waals surface area contributed by atoms with E-state index in [1.165, 1.54) is 14.8 Å². The lowest BCUT2D eigenvalue weighted by Crippen LogP contribution is -2.06. The van der Waals surface area contributed by atoms with Gasteiger partial charge in [0.25, 0.3) is 0 Å². The lowest BCUT2D eigenvalue weighted by molar-refractivity contribution is 1.61. The maximum Gasteiger partial charge on any atom is 0.506 e. The predicted molar refractivity (Wildman–Crippen MR) is 73.9 cm³/mol. The summed E-state index contributed by atoms with van der Waals surface area (Å²) in [5.74, 6) is 0. The average molecular weight is 336 g/mol. The van der Waals surface area contributed by atoms with Crippen LogP contribution >= 0.6 is 28.8 Å². The molecule has 0 heterocycles. The third kappa shape index (κ3) is 3.06. The van der Waals surface area contributed by atoms with E-state index in [9.17, 15) is 0 Å². The largest absolute Gasteiger partial charge is 0.506 e. The summed E-state index contributed by atoms with van der Waals surface area (Å²) in [7, 11) is 0. The second kappa shape index (κ2) is 5.48. The summed E-state index contributed by atoms with van der Waals surface area (Å²) in [4.78, 5) is 0. The first kappa shape index (κ1) is 11.6. The van der Waals surface area contributed by atoms with E-state index in [2.05, 4.69) is 77.3 Å². The van der Waals surface area contributed by atoms with Gasteiger partial charge in [0.05, 0.1) is 0 Å². The number of hydrogen-bond donors (Lipinski definition) is 0. The molecule has 0 aliphatic heterocycles. The van der Waals surface area contributed by atoms with Gasteiger partial charge in [-0.3, -0.25) is 12.9 Å². The highest BCUT2D eigenvalue weighted by Crippen LogP contribution is 2.20. The lowest BCUT2D eigenvalue weighted by Gasteiger charge is -2.03. The zero-order valence-corrected chi connectivity index (χ0v) is 12.7. The second-order valence-corrected chi connectivity index (χ2v) is 7.02. The molecule has 2 aromatic carbocycles. The summed E-state index contributed by atoms with van der Waals surface area (Å²) in [5.41, 5.74) is 2.54. The molecule has 72 valence electrons. The molecule has 0 saturated heterocycles. The van der Waals surface area contributed by atoms with Crippen LogP contribution in [0.2, 0.25) is 0 Å². The molecule has 0 unspecified atom stereocenters. The molecule has 0 aromatic heterocycles. The first-order valence-corrected chi connectivity index (χ1v) is 10.1. The average Bonchev–Trinajstić information content (AvgIpc) is 2.30. The maximum absolute atomic E-state index is 3.58. The van der Waals surface area contributed by atoms with E-state index in [-0.39, 0.29) is 18.2 Å². The summed E-state index contributed by atoms with van der Waals surface area (Å²) in [6, 6.07) is 17.2. The minimum Gasteiger partial charge on any atom is -0.296 e. The topological polar surface area (TPSA) is 0 Å². The molecule has 0 bridgehead atoms. The highest BCUT2D eigenvalue weighted by Gasteiger charge is 1.98. The van der Waals surface area contributed by atoms with E-state index in [0.717, 1.165) is 4.47 Å². The Labute approximate surface area is 114 Å². The molecule has 0 amide bonds. The van der Waals surface area contributed by atoms with Crippen molar-refractivity contribution in [1.29, 1.82) is 0 Å². The van der Waals surface area contributed by atoms with Gasteiger partial charge in [-0.1, -0.05) is 52.3 Å². The molecule has 0 aliphatic carbocycles. The van der Waals surface area contributed by atoms with Crippen molar-refractivity contribution < 1.29 is 0 Å². The van der Waals surface area contributed by atoms with Crippen LogP contribution in [0.1, 0.15) is 0 Å². The Bertz CT molecular complexity index is 434. The lowest BCUT2D eigenvalue weighted by atomic mass is 10.1. The molecule has 0 nitrogen and oxygen atoms in total. The Morgan fingerprint density at radius 2 is 1.20 bits per heavy atom. The van der Waals surface area contributed by atoms with Crippen LogP contribution in [0.4, 0.5) is 0 Å². The van der Waals surface area contributed by atoms with E-state index in [4.69, 9.17) is 0 Å². The maximum atomic E-state index is 3.58. The highest BCUT2D eigenvalue weighted by molar-refractivity contribution is 9.23. The first-order valence-electron chi connectivity index (χ1n) is 4.70. The third-order valence-electron chi connectivity index (χ3n) is 2.29. The minimum absolute atomic E-state index is 0.206. The van der Waals surface area contributed by atoms with Crippen LogP contribution in [0.25, 0.3) is 11.1 Å². The molecule has 0 spiro atoms. The number of halogens is 2. The van der Waals surface area contributed by atoms with Crippen molar-refractivity contribution in [2.24, 2.45) is 0 Å². The Kier molecular flexibility index (Phi) is 4.26. The van der Waals surface area contributed by atoms with Crippen molar-refractivity contribution in [2.45, 2.75) is 0 Å². The SMILES string of the molecule is [Br][Mg][c]1ccc(-c2ccc(Br)cc2)cc1. The standard InChI is InChI=1S/C12H8Br.BrH.Mg/c13-12-8-6-11(7-9-12)10-4-2-1-3-5-10;;/h2-9H;1H;/q;;+1/p-1. The van der Waals surface area contributed by atoms with Gasteiger partial charge in [0, 0.05) is 4.47 Å². The molecule has 0 N–H and O–H groups in total. The Morgan fingerprint density at radius 1 is 0.733 bits per heavy atom. The Balaban J connectivity index is 2.33. The van der Waals surface area contributed by atoms with Crippen molar-refractivity contribution >= 4 is 50.7 Å².